The number of rotatable bonds is 8. The van der Waals surface area contributed by atoms with Crippen LogP contribution in [0.5, 0.6) is 0 Å². The molecule has 31 heavy (non-hydrogen) atoms. The quantitative estimate of drug-likeness (QED) is 0.315. The van der Waals surface area contributed by atoms with Crippen LogP contribution in [0.4, 0.5) is 0 Å². The molecule has 0 bridgehead atoms. The fraction of sp³-hybridized carbons (Fsp3) is 0.500. The number of aromatic nitrogens is 3. The van der Waals surface area contributed by atoms with Crippen molar-refractivity contribution in [1.82, 2.24) is 19.3 Å². The summed E-state index contributed by atoms with van der Waals surface area (Å²) in [5, 5.41) is 18.8. The van der Waals surface area contributed by atoms with E-state index in [-0.39, 0.29) is 0 Å². The molecule has 2 aromatic rings. The first-order valence-corrected chi connectivity index (χ1v) is 11.8. The molecule has 0 atom stereocenters. The SMILES string of the molecule is C/C=C(C#N)\C(=C/C)c1ncnc2[nH]ccc12.CCCCC1(CC#N)CN(SCC)C1. The minimum atomic E-state index is 0.340. The molecule has 164 valence electrons. The number of nitriles is 2. The van der Waals surface area contributed by atoms with Crippen molar-refractivity contribution in [3.05, 3.63) is 42.0 Å². The lowest BCUT2D eigenvalue weighted by atomic mass is 9.75. The molecule has 0 radical (unpaired) electrons. The summed E-state index contributed by atoms with van der Waals surface area (Å²) < 4.78 is 2.40. The molecule has 7 heteroatoms. The highest BCUT2D eigenvalue weighted by atomic mass is 32.2. The van der Waals surface area contributed by atoms with Gasteiger partial charge in [0.05, 0.1) is 23.4 Å². The number of nitrogens with one attached hydrogen (secondary N) is 1. The third kappa shape index (κ3) is 6.19. The maximum atomic E-state index is 9.10. The van der Waals surface area contributed by atoms with Gasteiger partial charge in [-0.1, -0.05) is 50.8 Å². The molecular formula is C24H32N6S. The van der Waals surface area contributed by atoms with Crippen molar-refractivity contribution in [2.75, 3.05) is 18.8 Å². The maximum absolute atomic E-state index is 9.10. The van der Waals surface area contributed by atoms with Crippen LogP contribution in [0.1, 0.15) is 59.1 Å². The molecule has 6 nitrogen and oxygen atoms in total. The second kappa shape index (κ2) is 12.3. The van der Waals surface area contributed by atoms with E-state index in [1.807, 2.05) is 44.1 Å². The summed E-state index contributed by atoms with van der Waals surface area (Å²) in [7, 11) is 0. The number of fused-ring (bicyclic) bond motifs is 1. The number of hydrogen-bond donors (Lipinski definition) is 1. The summed E-state index contributed by atoms with van der Waals surface area (Å²) in [6, 6.07) is 6.44. The highest BCUT2D eigenvalue weighted by Gasteiger charge is 2.42. The summed E-state index contributed by atoms with van der Waals surface area (Å²) in [6.45, 7) is 10.4. The van der Waals surface area contributed by atoms with E-state index >= 15 is 0 Å². The minimum absolute atomic E-state index is 0.340. The van der Waals surface area contributed by atoms with Crippen molar-refractivity contribution in [2.45, 2.75) is 53.4 Å². The Morgan fingerprint density at radius 1 is 1.26 bits per heavy atom. The molecule has 0 unspecified atom stereocenters. The molecule has 3 rings (SSSR count). The molecule has 3 heterocycles. The molecular weight excluding hydrogens is 404 g/mol. The zero-order valence-electron chi connectivity index (χ0n) is 19.0. The first-order valence-electron chi connectivity index (χ1n) is 10.8. The topological polar surface area (TPSA) is 92.4 Å². The van der Waals surface area contributed by atoms with Crippen LogP contribution >= 0.6 is 11.9 Å². The first-order chi connectivity index (χ1) is 15.1. The van der Waals surface area contributed by atoms with Crippen LogP contribution in [0.15, 0.2) is 36.3 Å². The Bertz CT molecular complexity index is 985. The van der Waals surface area contributed by atoms with Crippen LogP contribution in [0.25, 0.3) is 16.6 Å². The summed E-state index contributed by atoms with van der Waals surface area (Å²) >= 11 is 1.90. The van der Waals surface area contributed by atoms with Crippen LogP contribution in [-0.2, 0) is 0 Å². The lowest BCUT2D eigenvalue weighted by molar-refractivity contribution is 0.0722. The predicted molar refractivity (Wildman–Crippen MR) is 129 cm³/mol. The predicted octanol–water partition coefficient (Wildman–Crippen LogP) is 5.89. The number of aromatic amines is 1. The molecule has 1 aliphatic heterocycles. The van der Waals surface area contributed by atoms with Crippen LogP contribution in [0.3, 0.4) is 0 Å². The number of allylic oxidation sites excluding steroid dienone is 4. The van der Waals surface area contributed by atoms with Crippen LogP contribution in [0.2, 0.25) is 0 Å². The van der Waals surface area contributed by atoms with E-state index < -0.39 is 0 Å². The molecule has 1 saturated heterocycles. The Balaban J connectivity index is 0.000000225. The van der Waals surface area contributed by atoms with Gasteiger partial charge in [0.1, 0.15) is 12.0 Å². The fourth-order valence-electron chi connectivity index (χ4n) is 3.84. The van der Waals surface area contributed by atoms with Crippen molar-refractivity contribution in [2.24, 2.45) is 5.41 Å². The van der Waals surface area contributed by atoms with Crippen LogP contribution < -0.4 is 0 Å². The zero-order valence-corrected chi connectivity index (χ0v) is 19.8. The van der Waals surface area contributed by atoms with E-state index in [1.165, 1.54) is 25.6 Å². The van der Waals surface area contributed by atoms with Gasteiger partial charge in [-0.25, -0.2) is 14.3 Å². The molecule has 2 aromatic heterocycles. The third-order valence-electron chi connectivity index (χ3n) is 5.45. The van der Waals surface area contributed by atoms with E-state index in [0.717, 1.165) is 47.6 Å². The van der Waals surface area contributed by atoms with Gasteiger partial charge >= 0.3 is 0 Å². The van der Waals surface area contributed by atoms with E-state index in [4.69, 9.17) is 10.5 Å². The zero-order chi connectivity index (χ0) is 22.7. The van der Waals surface area contributed by atoms with Gasteiger partial charge < -0.3 is 4.98 Å². The molecule has 0 amide bonds. The van der Waals surface area contributed by atoms with E-state index in [9.17, 15) is 0 Å². The number of H-pyrrole nitrogens is 1. The van der Waals surface area contributed by atoms with E-state index in [1.54, 1.807) is 6.08 Å². The summed E-state index contributed by atoms with van der Waals surface area (Å²) in [4.78, 5) is 11.4. The Morgan fingerprint density at radius 2 is 2.03 bits per heavy atom. The number of unbranched alkanes of at least 4 members (excludes halogenated alkanes) is 1. The van der Waals surface area contributed by atoms with Gasteiger partial charge in [0.15, 0.2) is 0 Å². The summed E-state index contributed by atoms with van der Waals surface area (Å²) in [5.74, 6) is 1.15. The van der Waals surface area contributed by atoms with E-state index in [2.05, 4.69) is 45.2 Å². The highest BCUT2D eigenvalue weighted by molar-refractivity contribution is 7.97. The number of nitrogens with zero attached hydrogens (tertiary/aromatic N) is 5. The molecule has 1 N–H and O–H groups in total. The standard InChI is InChI=1S/C13H12N4.C11H20N2S/c1-3-9(7-14)10(4-2)12-11-5-6-15-13(11)17-8-16-12;1-3-5-6-11(7-8-12)9-13(10-11)14-4-2/h3-6,8H,1-2H3,(H,15,16,17);3-7,9-10H2,1-2H3/b9-3-,10-4+;. The normalized spacial score (nSPS) is 16.1. The average Bonchev–Trinajstić information content (AvgIpc) is 3.24. The van der Waals surface area contributed by atoms with Crippen molar-refractivity contribution in [3.63, 3.8) is 0 Å². The highest BCUT2D eigenvalue weighted by Crippen LogP contribution is 2.41. The van der Waals surface area contributed by atoms with Crippen molar-refractivity contribution < 1.29 is 0 Å². The second-order valence-electron chi connectivity index (χ2n) is 7.63. The van der Waals surface area contributed by atoms with Crippen LogP contribution in [0, 0.1) is 28.1 Å². The van der Waals surface area contributed by atoms with Gasteiger partial charge in [-0.3, -0.25) is 0 Å². The maximum Gasteiger partial charge on any atom is 0.141 e. The van der Waals surface area contributed by atoms with Gasteiger partial charge in [-0.2, -0.15) is 10.5 Å². The Hall–Kier alpha value is -2.61. The monoisotopic (exact) mass is 436 g/mol. The molecule has 0 saturated carbocycles. The van der Waals surface area contributed by atoms with Gasteiger partial charge in [-0.05, 0) is 26.3 Å². The molecule has 0 aliphatic carbocycles. The summed E-state index contributed by atoms with van der Waals surface area (Å²) in [6.07, 6.45) is 11.5. The lowest BCUT2D eigenvalue weighted by Gasteiger charge is -2.48. The summed E-state index contributed by atoms with van der Waals surface area (Å²) in [5.41, 5.74) is 3.36. The van der Waals surface area contributed by atoms with Gasteiger partial charge in [0.25, 0.3) is 0 Å². The van der Waals surface area contributed by atoms with Gasteiger partial charge in [0, 0.05) is 47.8 Å². The minimum Gasteiger partial charge on any atom is -0.346 e. The Morgan fingerprint density at radius 3 is 2.61 bits per heavy atom. The third-order valence-corrected chi connectivity index (χ3v) is 6.33. The van der Waals surface area contributed by atoms with E-state index in [0.29, 0.717) is 11.0 Å². The number of hydrogen-bond acceptors (Lipinski definition) is 6. The van der Waals surface area contributed by atoms with Crippen LogP contribution in [-0.4, -0.2) is 38.1 Å². The van der Waals surface area contributed by atoms with Gasteiger partial charge in [-0.15, -0.1) is 0 Å². The second-order valence-corrected chi connectivity index (χ2v) is 8.98. The Labute approximate surface area is 190 Å². The fourth-order valence-corrected chi connectivity index (χ4v) is 4.94. The van der Waals surface area contributed by atoms with Crippen molar-refractivity contribution in [3.8, 4) is 12.1 Å². The smallest absolute Gasteiger partial charge is 0.141 e. The molecule has 0 spiro atoms. The first kappa shape index (κ1) is 24.7. The molecule has 0 aromatic carbocycles. The molecule has 1 aliphatic rings. The largest absolute Gasteiger partial charge is 0.346 e. The van der Waals surface area contributed by atoms with Crippen molar-refractivity contribution >= 4 is 28.6 Å². The lowest BCUT2D eigenvalue weighted by Crippen LogP contribution is -2.52. The van der Waals surface area contributed by atoms with Gasteiger partial charge in [0.2, 0.25) is 0 Å². The Kier molecular flexibility index (Phi) is 9.78. The average molecular weight is 437 g/mol. The molecule has 1 fully saturated rings. The van der Waals surface area contributed by atoms with Crippen molar-refractivity contribution in [1.29, 1.82) is 10.5 Å².